The number of rotatable bonds is 9. The third kappa shape index (κ3) is 6.16. The number of benzene rings is 2. The normalized spacial score (nSPS) is 12.2. The number of anilines is 1. The van der Waals surface area contributed by atoms with Crippen LogP contribution in [0.4, 0.5) is 5.69 Å². The molecule has 7 nitrogen and oxygen atoms in total. The molecule has 0 fully saturated rings. The molecule has 0 spiro atoms. The number of amides is 1. The van der Waals surface area contributed by atoms with E-state index < -0.39 is 22.0 Å². The lowest BCUT2D eigenvalue weighted by Crippen LogP contribution is -2.48. The van der Waals surface area contributed by atoms with Crippen molar-refractivity contribution in [2.45, 2.75) is 13.0 Å². The number of hydrogen-bond donors (Lipinski definition) is 1. The first-order valence-electron chi connectivity index (χ1n) is 8.63. The zero-order valence-electron chi connectivity index (χ0n) is 16.2. The van der Waals surface area contributed by atoms with Crippen molar-refractivity contribution in [3.63, 3.8) is 0 Å². The number of nitrogens with one attached hydrogen (secondary N) is 1. The standard InChI is InChI=1S/C19H22Cl2N2O5S/c1-13(19(24)22-10-11-28-17-7-5-4-6-15(17)21)23(29(3,25)26)16-12-14(20)8-9-18(16)27-2/h4-9,12-13H,10-11H2,1-3H3,(H,22,24)/t13-/m0/s1. The molecular weight excluding hydrogens is 439 g/mol. The predicted molar refractivity (Wildman–Crippen MR) is 115 cm³/mol. The predicted octanol–water partition coefficient (Wildman–Crippen LogP) is 3.35. The van der Waals surface area contributed by atoms with E-state index >= 15 is 0 Å². The van der Waals surface area contributed by atoms with Gasteiger partial charge >= 0.3 is 0 Å². The van der Waals surface area contributed by atoms with Crippen molar-refractivity contribution in [1.82, 2.24) is 5.32 Å². The summed E-state index contributed by atoms with van der Waals surface area (Å²) >= 11 is 12.0. The zero-order chi connectivity index (χ0) is 21.6. The van der Waals surface area contributed by atoms with Gasteiger partial charge in [-0.1, -0.05) is 35.3 Å². The van der Waals surface area contributed by atoms with Crippen molar-refractivity contribution in [2.24, 2.45) is 0 Å². The molecule has 2 aromatic rings. The lowest BCUT2D eigenvalue weighted by molar-refractivity contribution is -0.121. The van der Waals surface area contributed by atoms with Crippen LogP contribution in [0.15, 0.2) is 42.5 Å². The van der Waals surface area contributed by atoms with Crippen LogP contribution < -0.4 is 19.1 Å². The second-order valence-corrected chi connectivity index (χ2v) is 8.82. The molecular formula is C19H22Cl2N2O5S. The molecule has 10 heteroatoms. The van der Waals surface area contributed by atoms with Crippen molar-refractivity contribution in [2.75, 3.05) is 30.8 Å². The van der Waals surface area contributed by atoms with Gasteiger partial charge in [0, 0.05) is 5.02 Å². The Bertz CT molecular complexity index is 969. The Balaban J connectivity index is 2.10. The first kappa shape index (κ1) is 23.1. The Morgan fingerprint density at radius 3 is 2.48 bits per heavy atom. The summed E-state index contributed by atoms with van der Waals surface area (Å²) in [5, 5.41) is 3.44. The smallest absolute Gasteiger partial charge is 0.243 e. The maximum Gasteiger partial charge on any atom is 0.243 e. The van der Waals surface area contributed by atoms with Crippen LogP contribution in [0.2, 0.25) is 10.0 Å². The number of sulfonamides is 1. The molecule has 29 heavy (non-hydrogen) atoms. The van der Waals surface area contributed by atoms with E-state index in [9.17, 15) is 13.2 Å². The van der Waals surface area contributed by atoms with Crippen LogP contribution in [0.5, 0.6) is 11.5 Å². The summed E-state index contributed by atoms with van der Waals surface area (Å²) in [4.78, 5) is 12.6. The fourth-order valence-electron chi connectivity index (χ4n) is 2.66. The Morgan fingerprint density at radius 2 is 1.86 bits per heavy atom. The van der Waals surface area contributed by atoms with Gasteiger partial charge in [0.15, 0.2) is 0 Å². The number of ether oxygens (including phenoxy) is 2. The number of methoxy groups -OCH3 is 1. The number of para-hydroxylation sites is 1. The molecule has 0 aliphatic heterocycles. The summed E-state index contributed by atoms with van der Waals surface area (Å²) in [6.07, 6.45) is 1.01. The zero-order valence-corrected chi connectivity index (χ0v) is 18.5. The average molecular weight is 461 g/mol. The van der Waals surface area contributed by atoms with Crippen LogP contribution in [0.1, 0.15) is 6.92 Å². The molecule has 158 valence electrons. The van der Waals surface area contributed by atoms with Crippen molar-refractivity contribution >= 4 is 44.8 Å². The molecule has 1 atom stereocenters. The number of hydrogen-bond acceptors (Lipinski definition) is 5. The third-order valence-electron chi connectivity index (χ3n) is 3.96. The van der Waals surface area contributed by atoms with Gasteiger partial charge in [-0.25, -0.2) is 8.42 Å². The summed E-state index contributed by atoms with van der Waals surface area (Å²) in [5.74, 6) is 0.277. The molecule has 0 saturated heterocycles. The van der Waals surface area contributed by atoms with Crippen LogP contribution in [0.25, 0.3) is 0 Å². The van der Waals surface area contributed by atoms with Crippen LogP contribution in [-0.4, -0.2) is 46.9 Å². The topological polar surface area (TPSA) is 84.9 Å². The number of carbonyl (C=O) groups excluding carboxylic acids is 1. The van der Waals surface area contributed by atoms with Crippen molar-refractivity contribution in [3.05, 3.63) is 52.5 Å². The van der Waals surface area contributed by atoms with Gasteiger partial charge < -0.3 is 14.8 Å². The molecule has 0 aliphatic rings. The molecule has 0 saturated carbocycles. The first-order valence-corrected chi connectivity index (χ1v) is 11.2. The lowest BCUT2D eigenvalue weighted by atomic mass is 10.2. The Hall–Kier alpha value is -2.16. The van der Waals surface area contributed by atoms with Gasteiger partial charge in [-0.05, 0) is 37.3 Å². The number of halogens is 2. The van der Waals surface area contributed by atoms with Crippen LogP contribution in [0, 0.1) is 0 Å². The molecule has 0 bridgehead atoms. The van der Waals surface area contributed by atoms with E-state index in [-0.39, 0.29) is 24.6 Å². The van der Waals surface area contributed by atoms with Crippen molar-refractivity contribution in [1.29, 1.82) is 0 Å². The fourth-order valence-corrected chi connectivity index (χ4v) is 4.19. The van der Waals surface area contributed by atoms with E-state index in [0.29, 0.717) is 15.8 Å². The van der Waals surface area contributed by atoms with Gasteiger partial charge in [0.25, 0.3) is 0 Å². The first-order chi connectivity index (χ1) is 13.6. The van der Waals surface area contributed by atoms with Gasteiger partial charge in [0.1, 0.15) is 24.1 Å². The van der Waals surface area contributed by atoms with Gasteiger partial charge in [-0.15, -0.1) is 0 Å². The Labute approximate surface area is 180 Å². The molecule has 1 N–H and O–H groups in total. The summed E-state index contributed by atoms with van der Waals surface area (Å²) in [7, 11) is -2.40. The number of carbonyl (C=O) groups is 1. The highest BCUT2D eigenvalue weighted by atomic mass is 35.5. The van der Waals surface area contributed by atoms with Gasteiger partial charge in [-0.2, -0.15) is 0 Å². The quantitative estimate of drug-likeness (QED) is 0.579. The van der Waals surface area contributed by atoms with Crippen molar-refractivity contribution < 1.29 is 22.7 Å². The highest BCUT2D eigenvalue weighted by Gasteiger charge is 2.31. The largest absolute Gasteiger partial charge is 0.495 e. The highest BCUT2D eigenvalue weighted by Crippen LogP contribution is 2.34. The Kier molecular flexibility index (Phi) is 8.01. The van der Waals surface area contributed by atoms with Gasteiger partial charge in [0.05, 0.1) is 30.6 Å². The van der Waals surface area contributed by atoms with Crippen LogP contribution in [0.3, 0.4) is 0 Å². The number of nitrogens with zero attached hydrogens (tertiary/aromatic N) is 1. The van der Waals surface area contributed by atoms with Gasteiger partial charge in [-0.3, -0.25) is 9.10 Å². The van der Waals surface area contributed by atoms with E-state index in [1.807, 2.05) is 0 Å². The Morgan fingerprint density at radius 1 is 1.17 bits per heavy atom. The van der Waals surface area contributed by atoms with Crippen LogP contribution in [-0.2, 0) is 14.8 Å². The summed E-state index contributed by atoms with van der Waals surface area (Å²) in [6.45, 7) is 1.81. The van der Waals surface area contributed by atoms with E-state index in [1.165, 1.54) is 26.2 Å². The van der Waals surface area contributed by atoms with E-state index in [0.717, 1.165) is 10.6 Å². The second kappa shape index (κ2) is 10.0. The fraction of sp³-hybridized carbons (Fsp3) is 0.316. The minimum Gasteiger partial charge on any atom is -0.495 e. The molecule has 1 amide bonds. The highest BCUT2D eigenvalue weighted by molar-refractivity contribution is 7.92. The molecule has 0 unspecified atom stereocenters. The SMILES string of the molecule is COc1ccc(Cl)cc1N([C@@H](C)C(=O)NCCOc1ccccc1Cl)S(C)(=O)=O. The maximum atomic E-state index is 12.6. The van der Waals surface area contributed by atoms with Crippen LogP contribution >= 0.6 is 23.2 Å². The monoisotopic (exact) mass is 460 g/mol. The molecule has 0 heterocycles. The van der Waals surface area contributed by atoms with E-state index in [4.69, 9.17) is 32.7 Å². The third-order valence-corrected chi connectivity index (χ3v) is 5.74. The average Bonchev–Trinajstić information content (AvgIpc) is 2.65. The molecule has 2 aromatic carbocycles. The summed E-state index contributed by atoms with van der Waals surface area (Å²) in [6, 6.07) is 10.5. The maximum absolute atomic E-state index is 12.6. The molecule has 0 radical (unpaired) electrons. The summed E-state index contributed by atoms with van der Waals surface area (Å²) < 4.78 is 36.6. The van der Waals surface area contributed by atoms with Gasteiger partial charge in [0.2, 0.25) is 15.9 Å². The lowest BCUT2D eigenvalue weighted by Gasteiger charge is -2.29. The van der Waals surface area contributed by atoms with E-state index in [2.05, 4.69) is 5.32 Å². The minimum absolute atomic E-state index is 0.165. The molecule has 0 aliphatic carbocycles. The molecule has 0 aromatic heterocycles. The van der Waals surface area contributed by atoms with Crippen molar-refractivity contribution in [3.8, 4) is 11.5 Å². The second-order valence-electron chi connectivity index (χ2n) is 6.12. The summed E-state index contributed by atoms with van der Waals surface area (Å²) in [5.41, 5.74) is 0.178. The minimum atomic E-state index is -3.81. The molecule has 2 rings (SSSR count). The van der Waals surface area contributed by atoms with E-state index in [1.54, 1.807) is 30.3 Å².